The Bertz CT molecular complexity index is 783. The molecule has 1 aromatic heterocycles. The molecule has 7 heteroatoms. The van der Waals surface area contributed by atoms with Crippen LogP contribution in [0.2, 0.25) is 0 Å². The average Bonchev–Trinajstić information content (AvgIpc) is 3.48. The van der Waals surface area contributed by atoms with Gasteiger partial charge in [0, 0.05) is 35.8 Å². The fraction of sp³-hybridized carbons (Fsp3) is 0.474. The number of benzene rings is 1. The number of hydrogen-bond donors (Lipinski definition) is 2. The molecular weight excluding hydrogens is 330 g/mol. The van der Waals surface area contributed by atoms with Crippen molar-refractivity contribution in [3.63, 3.8) is 0 Å². The van der Waals surface area contributed by atoms with Gasteiger partial charge in [-0.25, -0.2) is 4.98 Å². The highest BCUT2D eigenvalue weighted by Gasteiger charge is 2.26. The molecule has 0 spiro atoms. The summed E-state index contributed by atoms with van der Waals surface area (Å²) in [5.41, 5.74) is 1.93. The fourth-order valence-corrected chi connectivity index (χ4v) is 3.43. The minimum Gasteiger partial charge on any atom is -0.351 e. The maximum Gasteiger partial charge on any atom is 0.269 e. The molecule has 2 aliphatic carbocycles. The molecule has 2 aliphatic rings. The Labute approximate surface area is 152 Å². The van der Waals surface area contributed by atoms with Gasteiger partial charge in [-0.05, 0) is 37.8 Å². The molecule has 26 heavy (non-hydrogen) atoms. The third kappa shape index (κ3) is 4.09. The second-order valence-electron chi connectivity index (χ2n) is 7.18. The SMILES string of the molecule is O=[N+]([O-])c1ccc(Nc2cc(C3CC3)nc(NC3CCCCC3)n2)cc1. The summed E-state index contributed by atoms with van der Waals surface area (Å²) in [4.78, 5) is 19.7. The Morgan fingerprint density at radius 1 is 1.00 bits per heavy atom. The Hall–Kier alpha value is -2.70. The summed E-state index contributed by atoms with van der Waals surface area (Å²) in [6.07, 6.45) is 8.52. The minimum absolute atomic E-state index is 0.0801. The van der Waals surface area contributed by atoms with E-state index in [2.05, 4.69) is 15.6 Å². The van der Waals surface area contributed by atoms with Crippen LogP contribution >= 0.6 is 0 Å². The minimum atomic E-state index is -0.397. The highest BCUT2D eigenvalue weighted by molar-refractivity contribution is 5.59. The van der Waals surface area contributed by atoms with E-state index in [1.165, 1.54) is 57.1 Å². The molecule has 2 N–H and O–H groups in total. The molecule has 0 saturated heterocycles. The predicted molar refractivity (Wildman–Crippen MR) is 101 cm³/mol. The molecule has 1 heterocycles. The van der Waals surface area contributed by atoms with Crippen molar-refractivity contribution in [1.29, 1.82) is 0 Å². The first-order valence-electron chi connectivity index (χ1n) is 9.34. The molecule has 0 amide bonds. The van der Waals surface area contributed by atoms with Crippen LogP contribution in [0.25, 0.3) is 0 Å². The van der Waals surface area contributed by atoms with Crippen molar-refractivity contribution in [2.75, 3.05) is 10.6 Å². The van der Waals surface area contributed by atoms with Gasteiger partial charge in [-0.15, -0.1) is 0 Å². The van der Waals surface area contributed by atoms with Crippen molar-refractivity contribution < 1.29 is 4.92 Å². The van der Waals surface area contributed by atoms with Crippen molar-refractivity contribution >= 4 is 23.1 Å². The Morgan fingerprint density at radius 3 is 2.38 bits per heavy atom. The van der Waals surface area contributed by atoms with E-state index in [0.29, 0.717) is 17.9 Å². The molecular formula is C19H23N5O2. The summed E-state index contributed by atoms with van der Waals surface area (Å²) in [5.74, 6) is 1.95. The molecule has 2 fully saturated rings. The predicted octanol–water partition coefficient (Wildman–Crippen LogP) is 4.75. The molecule has 0 bridgehead atoms. The van der Waals surface area contributed by atoms with Crippen molar-refractivity contribution in [2.45, 2.75) is 56.9 Å². The zero-order valence-corrected chi connectivity index (χ0v) is 14.6. The lowest BCUT2D eigenvalue weighted by molar-refractivity contribution is -0.384. The molecule has 136 valence electrons. The Morgan fingerprint density at radius 2 is 1.73 bits per heavy atom. The largest absolute Gasteiger partial charge is 0.351 e. The van der Waals surface area contributed by atoms with Crippen LogP contribution in [0.1, 0.15) is 56.6 Å². The summed E-state index contributed by atoms with van der Waals surface area (Å²) in [5, 5.41) is 17.5. The van der Waals surface area contributed by atoms with E-state index in [4.69, 9.17) is 4.98 Å². The number of non-ortho nitro benzene ring substituents is 1. The van der Waals surface area contributed by atoms with E-state index < -0.39 is 4.92 Å². The molecule has 0 aliphatic heterocycles. The van der Waals surface area contributed by atoms with E-state index in [1.807, 2.05) is 6.07 Å². The zero-order valence-electron chi connectivity index (χ0n) is 14.6. The molecule has 1 aromatic carbocycles. The highest BCUT2D eigenvalue weighted by Crippen LogP contribution is 2.40. The van der Waals surface area contributed by atoms with Gasteiger partial charge in [0.05, 0.1) is 10.6 Å². The topological polar surface area (TPSA) is 93.0 Å². The molecule has 0 unspecified atom stereocenters. The van der Waals surface area contributed by atoms with Gasteiger partial charge >= 0.3 is 0 Å². The lowest BCUT2D eigenvalue weighted by Crippen LogP contribution is -2.23. The first-order chi connectivity index (χ1) is 12.7. The summed E-state index contributed by atoms with van der Waals surface area (Å²) < 4.78 is 0. The smallest absolute Gasteiger partial charge is 0.269 e. The van der Waals surface area contributed by atoms with Gasteiger partial charge in [0.1, 0.15) is 5.82 Å². The summed E-state index contributed by atoms with van der Waals surface area (Å²) in [6, 6.07) is 8.83. The number of nitrogens with one attached hydrogen (secondary N) is 2. The number of nitrogens with zero attached hydrogens (tertiary/aromatic N) is 3. The van der Waals surface area contributed by atoms with E-state index in [-0.39, 0.29) is 5.69 Å². The number of aromatic nitrogens is 2. The molecule has 2 aromatic rings. The first-order valence-corrected chi connectivity index (χ1v) is 9.34. The van der Waals surface area contributed by atoms with Crippen molar-refractivity contribution in [3.8, 4) is 0 Å². The van der Waals surface area contributed by atoms with Gasteiger partial charge in [0.15, 0.2) is 0 Å². The molecule has 0 radical (unpaired) electrons. The van der Waals surface area contributed by atoms with Gasteiger partial charge in [-0.1, -0.05) is 19.3 Å². The number of nitro benzene ring substituents is 1. The highest BCUT2D eigenvalue weighted by atomic mass is 16.6. The standard InChI is InChI=1S/C19H23N5O2/c25-24(26)16-10-8-15(9-11-16)20-18-12-17(13-6-7-13)22-19(23-18)21-14-4-2-1-3-5-14/h8-14H,1-7H2,(H2,20,21,22,23). The molecule has 7 nitrogen and oxygen atoms in total. The number of anilines is 3. The number of nitro groups is 1. The van der Waals surface area contributed by atoms with Crippen LogP contribution in [0.4, 0.5) is 23.1 Å². The van der Waals surface area contributed by atoms with Crippen LogP contribution < -0.4 is 10.6 Å². The lowest BCUT2D eigenvalue weighted by atomic mass is 9.96. The molecule has 0 atom stereocenters. The van der Waals surface area contributed by atoms with Crippen LogP contribution in [-0.4, -0.2) is 20.9 Å². The van der Waals surface area contributed by atoms with Crippen molar-refractivity contribution in [1.82, 2.24) is 9.97 Å². The summed E-state index contributed by atoms with van der Waals surface area (Å²) in [7, 11) is 0. The third-order valence-corrected chi connectivity index (χ3v) is 5.03. The van der Waals surface area contributed by atoms with Crippen molar-refractivity contribution in [2.24, 2.45) is 0 Å². The number of hydrogen-bond acceptors (Lipinski definition) is 6. The summed E-state index contributed by atoms with van der Waals surface area (Å²) >= 11 is 0. The number of rotatable bonds is 6. The monoisotopic (exact) mass is 353 g/mol. The fourth-order valence-electron chi connectivity index (χ4n) is 3.43. The summed E-state index contributed by atoms with van der Waals surface area (Å²) in [6.45, 7) is 0. The van der Waals surface area contributed by atoms with Crippen LogP contribution in [0.3, 0.4) is 0 Å². The van der Waals surface area contributed by atoms with Gasteiger partial charge in [0.2, 0.25) is 5.95 Å². The normalized spacial score (nSPS) is 17.7. The van der Waals surface area contributed by atoms with Gasteiger partial charge in [-0.3, -0.25) is 10.1 Å². The average molecular weight is 353 g/mol. The maximum absolute atomic E-state index is 10.8. The van der Waals surface area contributed by atoms with Crippen molar-refractivity contribution in [3.05, 3.63) is 46.1 Å². The molecule has 4 rings (SSSR count). The van der Waals surface area contributed by atoms with Gasteiger partial charge in [0.25, 0.3) is 5.69 Å². The van der Waals surface area contributed by atoms with E-state index in [9.17, 15) is 10.1 Å². The molecule has 2 saturated carbocycles. The van der Waals surface area contributed by atoms with E-state index in [0.717, 1.165) is 17.2 Å². The lowest BCUT2D eigenvalue weighted by Gasteiger charge is -2.23. The zero-order chi connectivity index (χ0) is 17.9. The second-order valence-corrected chi connectivity index (χ2v) is 7.18. The Balaban J connectivity index is 1.53. The van der Waals surface area contributed by atoms with Crippen LogP contribution in [-0.2, 0) is 0 Å². The van der Waals surface area contributed by atoms with Gasteiger partial charge < -0.3 is 10.6 Å². The second kappa shape index (κ2) is 7.27. The Kier molecular flexibility index (Phi) is 4.69. The van der Waals surface area contributed by atoms with E-state index >= 15 is 0 Å². The van der Waals surface area contributed by atoms with Crippen LogP contribution in [0, 0.1) is 10.1 Å². The quantitative estimate of drug-likeness (QED) is 0.575. The van der Waals surface area contributed by atoms with Crippen LogP contribution in [0.5, 0.6) is 0 Å². The maximum atomic E-state index is 10.8. The first kappa shape index (κ1) is 16.8. The van der Waals surface area contributed by atoms with Gasteiger partial charge in [-0.2, -0.15) is 4.98 Å². The van der Waals surface area contributed by atoms with Crippen LogP contribution in [0.15, 0.2) is 30.3 Å². The third-order valence-electron chi connectivity index (χ3n) is 5.03. The van der Waals surface area contributed by atoms with E-state index in [1.54, 1.807) is 12.1 Å².